The molecule has 3 N–H and O–H groups in total. The van der Waals surface area contributed by atoms with Crippen molar-refractivity contribution in [2.75, 3.05) is 6.54 Å². The van der Waals surface area contributed by atoms with Crippen LogP contribution in [0.2, 0.25) is 0 Å². The fourth-order valence-electron chi connectivity index (χ4n) is 2.12. The molecule has 2 unspecified atom stereocenters. The van der Waals surface area contributed by atoms with Crippen LogP contribution < -0.4 is 15.8 Å². The first-order valence-electron chi connectivity index (χ1n) is 7.71. The Kier molecular flexibility index (Phi) is 7.23. The van der Waals surface area contributed by atoms with E-state index in [-0.39, 0.29) is 24.0 Å². The zero-order valence-electron chi connectivity index (χ0n) is 13.6. The summed E-state index contributed by atoms with van der Waals surface area (Å²) in [5.41, 5.74) is 6.53. The molecule has 4 heteroatoms. The number of amides is 1. The minimum absolute atomic E-state index is 0.00824. The molecule has 1 rings (SSSR count). The lowest BCUT2D eigenvalue weighted by Gasteiger charge is -2.19. The Morgan fingerprint density at radius 1 is 1.29 bits per heavy atom. The van der Waals surface area contributed by atoms with Crippen LogP contribution in [0.25, 0.3) is 0 Å². The first-order chi connectivity index (χ1) is 9.93. The van der Waals surface area contributed by atoms with E-state index in [4.69, 9.17) is 10.5 Å². The summed E-state index contributed by atoms with van der Waals surface area (Å²) in [4.78, 5) is 12.1. The van der Waals surface area contributed by atoms with Gasteiger partial charge in [-0.15, -0.1) is 0 Å². The van der Waals surface area contributed by atoms with Crippen LogP contribution >= 0.6 is 0 Å². The lowest BCUT2D eigenvalue weighted by atomic mass is 10.0. The van der Waals surface area contributed by atoms with Crippen molar-refractivity contribution in [3.8, 4) is 5.75 Å². The molecule has 1 aromatic carbocycles. The predicted molar refractivity (Wildman–Crippen MR) is 86.2 cm³/mol. The van der Waals surface area contributed by atoms with E-state index in [9.17, 15) is 4.79 Å². The lowest BCUT2D eigenvalue weighted by Crippen LogP contribution is -2.31. The molecule has 0 aliphatic carbocycles. The Labute approximate surface area is 128 Å². The van der Waals surface area contributed by atoms with Crippen LogP contribution in [0, 0.1) is 5.92 Å². The molecule has 21 heavy (non-hydrogen) atoms. The van der Waals surface area contributed by atoms with Gasteiger partial charge in [0.1, 0.15) is 5.75 Å². The van der Waals surface area contributed by atoms with E-state index in [2.05, 4.69) is 5.32 Å². The molecule has 0 bridgehead atoms. The van der Waals surface area contributed by atoms with Gasteiger partial charge >= 0.3 is 0 Å². The average Bonchev–Trinajstić information content (AvgIpc) is 2.44. The molecule has 2 atom stereocenters. The van der Waals surface area contributed by atoms with E-state index in [1.807, 2.05) is 52.0 Å². The van der Waals surface area contributed by atoms with Crippen molar-refractivity contribution in [3.05, 3.63) is 29.8 Å². The highest BCUT2D eigenvalue weighted by atomic mass is 16.5. The molecule has 0 radical (unpaired) electrons. The standard InChI is InChI=1S/C17H28N2O2/c1-12(2)21-16-9-5-8-15(11-16)14(4)19-17(20)13(3)7-6-10-18/h5,8-9,11-14H,6-7,10,18H2,1-4H3,(H,19,20). The van der Waals surface area contributed by atoms with Gasteiger partial charge in [-0.3, -0.25) is 4.79 Å². The van der Waals surface area contributed by atoms with Crippen LogP contribution in [0.1, 0.15) is 52.1 Å². The summed E-state index contributed by atoms with van der Waals surface area (Å²) in [6.45, 7) is 8.55. The highest BCUT2D eigenvalue weighted by Gasteiger charge is 2.16. The topological polar surface area (TPSA) is 64.3 Å². The molecule has 0 aliphatic heterocycles. The molecule has 1 amide bonds. The third-order valence-electron chi connectivity index (χ3n) is 3.38. The number of hydrogen-bond acceptors (Lipinski definition) is 3. The van der Waals surface area contributed by atoms with Crippen molar-refractivity contribution in [2.45, 2.75) is 52.7 Å². The second-order valence-electron chi connectivity index (χ2n) is 5.80. The minimum atomic E-state index is -0.0338. The van der Waals surface area contributed by atoms with E-state index in [0.717, 1.165) is 24.2 Å². The molecule has 118 valence electrons. The summed E-state index contributed by atoms with van der Waals surface area (Å²) in [5.74, 6) is 0.900. The quantitative estimate of drug-likeness (QED) is 0.774. The van der Waals surface area contributed by atoms with Crippen molar-refractivity contribution in [3.63, 3.8) is 0 Å². The van der Waals surface area contributed by atoms with Crippen molar-refractivity contribution >= 4 is 5.91 Å². The van der Waals surface area contributed by atoms with Gasteiger partial charge in [0.25, 0.3) is 0 Å². The van der Waals surface area contributed by atoms with Gasteiger partial charge in [0.15, 0.2) is 0 Å². The molecule has 0 heterocycles. The smallest absolute Gasteiger partial charge is 0.223 e. The maximum Gasteiger partial charge on any atom is 0.223 e. The normalized spacial score (nSPS) is 13.8. The lowest BCUT2D eigenvalue weighted by molar-refractivity contribution is -0.125. The average molecular weight is 292 g/mol. The Morgan fingerprint density at radius 3 is 2.62 bits per heavy atom. The van der Waals surface area contributed by atoms with Crippen LogP contribution in [0.3, 0.4) is 0 Å². The molecular formula is C17H28N2O2. The second kappa shape index (κ2) is 8.67. The fraction of sp³-hybridized carbons (Fsp3) is 0.588. The van der Waals surface area contributed by atoms with Gasteiger partial charge in [0.05, 0.1) is 12.1 Å². The molecule has 0 spiro atoms. The number of carbonyl (C=O) groups excluding carboxylic acids is 1. The highest BCUT2D eigenvalue weighted by Crippen LogP contribution is 2.20. The van der Waals surface area contributed by atoms with Gasteiger partial charge < -0.3 is 15.8 Å². The Hall–Kier alpha value is -1.55. The third kappa shape index (κ3) is 6.17. The van der Waals surface area contributed by atoms with Gasteiger partial charge in [0.2, 0.25) is 5.91 Å². The van der Waals surface area contributed by atoms with Gasteiger partial charge in [-0.05, 0) is 57.9 Å². The number of hydrogen-bond donors (Lipinski definition) is 2. The van der Waals surface area contributed by atoms with Gasteiger partial charge in [-0.2, -0.15) is 0 Å². The van der Waals surface area contributed by atoms with Gasteiger partial charge in [-0.25, -0.2) is 0 Å². The van der Waals surface area contributed by atoms with Crippen molar-refractivity contribution in [1.82, 2.24) is 5.32 Å². The summed E-state index contributed by atoms with van der Waals surface area (Å²) in [5, 5.41) is 3.05. The summed E-state index contributed by atoms with van der Waals surface area (Å²) < 4.78 is 5.68. The zero-order chi connectivity index (χ0) is 15.8. The van der Waals surface area contributed by atoms with Crippen LogP contribution in [0.4, 0.5) is 0 Å². The Morgan fingerprint density at radius 2 is 2.00 bits per heavy atom. The van der Waals surface area contributed by atoms with Crippen LogP contribution in [-0.2, 0) is 4.79 Å². The zero-order valence-corrected chi connectivity index (χ0v) is 13.6. The molecular weight excluding hydrogens is 264 g/mol. The van der Waals surface area contributed by atoms with Crippen molar-refractivity contribution in [1.29, 1.82) is 0 Å². The van der Waals surface area contributed by atoms with E-state index in [1.165, 1.54) is 0 Å². The maximum absolute atomic E-state index is 12.1. The monoisotopic (exact) mass is 292 g/mol. The molecule has 0 aromatic heterocycles. The molecule has 0 aliphatic rings. The molecule has 1 aromatic rings. The van der Waals surface area contributed by atoms with E-state index in [0.29, 0.717) is 6.54 Å². The second-order valence-corrected chi connectivity index (χ2v) is 5.80. The number of benzene rings is 1. The first-order valence-corrected chi connectivity index (χ1v) is 7.71. The summed E-state index contributed by atoms with van der Waals surface area (Å²) in [6, 6.07) is 7.83. The Bertz CT molecular complexity index is 446. The number of nitrogens with one attached hydrogen (secondary N) is 1. The maximum atomic E-state index is 12.1. The fourth-order valence-corrected chi connectivity index (χ4v) is 2.12. The number of ether oxygens (including phenoxy) is 1. The number of carbonyl (C=O) groups is 1. The third-order valence-corrected chi connectivity index (χ3v) is 3.38. The first kappa shape index (κ1) is 17.5. The summed E-state index contributed by atoms with van der Waals surface area (Å²) in [6.07, 6.45) is 1.84. The molecule has 0 saturated carbocycles. The van der Waals surface area contributed by atoms with Crippen LogP contribution in [0.15, 0.2) is 24.3 Å². The Balaban J connectivity index is 2.62. The van der Waals surface area contributed by atoms with E-state index in [1.54, 1.807) is 0 Å². The predicted octanol–water partition coefficient (Wildman–Crippen LogP) is 3.03. The van der Waals surface area contributed by atoms with E-state index < -0.39 is 0 Å². The van der Waals surface area contributed by atoms with Gasteiger partial charge in [-0.1, -0.05) is 19.1 Å². The minimum Gasteiger partial charge on any atom is -0.491 e. The van der Waals surface area contributed by atoms with Gasteiger partial charge in [0, 0.05) is 5.92 Å². The van der Waals surface area contributed by atoms with Crippen LogP contribution in [-0.4, -0.2) is 18.6 Å². The van der Waals surface area contributed by atoms with Crippen LogP contribution in [0.5, 0.6) is 5.75 Å². The number of nitrogens with two attached hydrogens (primary N) is 1. The van der Waals surface area contributed by atoms with Crippen molar-refractivity contribution < 1.29 is 9.53 Å². The highest BCUT2D eigenvalue weighted by molar-refractivity contribution is 5.78. The van der Waals surface area contributed by atoms with E-state index >= 15 is 0 Å². The summed E-state index contributed by atoms with van der Waals surface area (Å²) >= 11 is 0. The van der Waals surface area contributed by atoms with Crippen molar-refractivity contribution in [2.24, 2.45) is 11.7 Å². The summed E-state index contributed by atoms with van der Waals surface area (Å²) in [7, 11) is 0. The molecule has 0 fully saturated rings. The SMILES string of the molecule is CC(C)Oc1cccc(C(C)NC(=O)C(C)CCCN)c1. The largest absolute Gasteiger partial charge is 0.491 e. The number of rotatable bonds is 8. The molecule has 0 saturated heterocycles. The molecule has 4 nitrogen and oxygen atoms in total.